The molecule has 0 fully saturated rings. The molecule has 132 valence electrons. The molecule has 1 heterocycles. The van der Waals surface area contributed by atoms with Gasteiger partial charge in [0.1, 0.15) is 22.8 Å². The van der Waals surface area contributed by atoms with Gasteiger partial charge >= 0.3 is 0 Å². The van der Waals surface area contributed by atoms with Crippen LogP contribution >= 0.6 is 0 Å². The first-order valence-corrected chi connectivity index (χ1v) is 8.38. The van der Waals surface area contributed by atoms with Gasteiger partial charge in [0, 0.05) is 28.9 Å². The average molecular weight is 356 g/mol. The fourth-order valence-corrected chi connectivity index (χ4v) is 2.69. The summed E-state index contributed by atoms with van der Waals surface area (Å²) in [5.41, 5.74) is 2.39. The third kappa shape index (κ3) is 3.43. The second kappa shape index (κ2) is 7.17. The fraction of sp³-hybridized carbons (Fsp3) is 0. The van der Waals surface area contributed by atoms with Crippen molar-refractivity contribution in [3.8, 4) is 11.5 Å². The van der Waals surface area contributed by atoms with Crippen molar-refractivity contribution in [2.45, 2.75) is 0 Å². The van der Waals surface area contributed by atoms with Crippen molar-refractivity contribution in [2.24, 2.45) is 9.98 Å². The molecule has 0 saturated carbocycles. The molecule has 0 bridgehead atoms. The molecule has 2 N–H and O–H groups in total. The van der Waals surface area contributed by atoms with Crippen LogP contribution in [0, 0.1) is 0 Å². The van der Waals surface area contributed by atoms with Crippen LogP contribution in [0.3, 0.4) is 0 Å². The molecule has 0 aliphatic carbocycles. The molecule has 0 spiro atoms. The van der Waals surface area contributed by atoms with Crippen molar-refractivity contribution < 1.29 is 14.6 Å². The van der Waals surface area contributed by atoms with Crippen molar-refractivity contribution in [2.75, 3.05) is 0 Å². The lowest BCUT2D eigenvalue weighted by Crippen LogP contribution is -1.81. The number of aromatic hydroxyl groups is 2. The Labute approximate surface area is 155 Å². The number of para-hydroxylation sites is 3. The number of hydrogen-bond acceptors (Lipinski definition) is 5. The highest BCUT2D eigenvalue weighted by molar-refractivity contribution is 5.99. The van der Waals surface area contributed by atoms with Crippen molar-refractivity contribution in [3.05, 3.63) is 83.9 Å². The second-order valence-electron chi connectivity index (χ2n) is 5.89. The number of benzene rings is 3. The molecular weight excluding hydrogens is 340 g/mol. The summed E-state index contributed by atoms with van der Waals surface area (Å²) in [6, 6.07) is 21.4. The van der Waals surface area contributed by atoms with Gasteiger partial charge in [-0.05, 0) is 36.4 Å². The molecule has 3 aromatic carbocycles. The van der Waals surface area contributed by atoms with Gasteiger partial charge in [-0.25, -0.2) is 9.98 Å². The predicted octanol–water partition coefficient (Wildman–Crippen LogP) is 5.35. The van der Waals surface area contributed by atoms with Crippen molar-refractivity contribution >= 4 is 35.0 Å². The van der Waals surface area contributed by atoms with Gasteiger partial charge < -0.3 is 14.6 Å². The van der Waals surface area contributed by atoms with Gasteiger partial charge in [-0.15, -0.1) is 0 Å². The lowest BCUT2D eigenvalue weighted by Gasteiger charge is -1.98. The van der Waals surface area contributed by atoms with E-state index < -0.39 is 0 Å². The van der Waals surface area contributed by atoms with E-state index in [9.17, 15) is 10.2 Å². The van der Waals surface area contributed by atoms with E-state index >= 15 is 0 Å². The minimum atomic E-state index is 0.136. The van der Waals surface area contributed by atoms with E-state index in [4.69, 9.17) is 4.42 Å². The highest BCUT2D eigenvalue weighted by atomic mass is 16.3. The van der Waals surface area contributed by atoms with Crippen molar-refractivity contribution in [3.63, 3.8) is 0 Å². The second-order valence-corrected chi connectivity index (χ2v) is 5.89. The molecule has 1 aromatic heterocycles. The Morgan fingerprint density at radius 2 is 1.22 bits per heavy atom. The highest BCUT2D eigenvalue weighted by Crippen LogP contribution is 2.39. The zero-order valence-corrected chi connectivity index (χ0v) is 14.3. The summed E-state index contributed by atoms with van der Waals surface area (Å²) >= 11 is 0. The summed E-state index contributed by atoms with van der Waals surface area (Å²) < 4.78 is 5.82. The van der Waals surface area contributed by atoms with Crippen LogP contribution in [0.1, 0.15) is 11.1 Å². The Bertz CT molecular complexity index is 1160. The lowest BCUT2D eigenvalue weighted by atomic mass is 10.2. The summed E-state index contributed by atoms with van der Waals surface area (Å²) in [6.07, 6.45) is 3.11. The van der Waals surface area contributed by atoms with Gasteiger partial charge in [0.15, 0.2) is 0 Å². The molecule has 5 nitrogen and oxygen atoms in total. The smallest absolute Gasteiger partial charge is 0.246 e. The number of phenolic OH excluding ortho intramolecular Hbond substituents is 2. The number of phenols is 2. The Hall–Kier alpha value is -3.86. The van der Waals surface area contributed by atoms with E-state index in [1.165, 1.54) is 6.21 Å². The van der Waals surface area contributed by atoms with Crippen molar-refractivity contribution in [1.29, 1.82) is 0 Å². The Morgan fingerprint density at radius 1 is 0.667 bits per heavy atom. The van der Waals surface area contributed by atoms with Gasteiger partial charge in [-0.1, -0.05) is 36.4 Å². The fourth-order valence-electron chi connectivity index (χ4n) is 2.69. The van der Waals surface area contributed by atoms with Gasteiger partial charge in [0.05, 0.1) is 0 Å². The molecule has 0 unspecified atom stereocenters. The number of rotatable bonds is 4. The Morgan fingerprint density at radius 3 is 1.89 bits per heavy atom. The van der Waals surface area contributed by atoms with Gasteiger partial charge in [0.2, 0.25) is 5.88 Å². The first kappa shape index (κ1) is 16.6. The van der Waals surface area contributed by atoms with E-state index in [2.05, 4.69) is 9.98 Å². The summed E-state index contributed by atoms with van der Waals surface area (Å²) in [7, 11) is 0. The predicted molar refractivity (Wildman–Crippen MR) is 107 cm³/mol. The molecule has 0 atom stereocenters. The van der Waals surface area contributed by atoms with Gasteiger partial charge in [0.25, 0.3) is 0 Å². The first-order valence-electron chi connectivity index (χ1n) is 8.38. The van der Waals surface area contributed by atoms with Gasteiger partial charge in [-0.3, -0.25) is 0 Å². The molecule has 0 saturated heterocycles. The SMILES string of the molecule is Oc1ccccc1/C=N/c1oc2ccccc2c1/N=C/c1ccccc1O. The van der Waals surface area contributed by atoms with E-state index in [0.29, 0.717) is 28.3 Å². The van der Waals surface area contributed by atoms with Crippen LogP contribution in [-0.4, -0.2) is 22.6 Å². The van der Waals surface area contributed by atoms with E-state index in [0.717, 1.165) is 5.39 Å². The van der Waals surface area contributed by atoms with E-state index in [-0.39, 0.29) is 11.5 Å². The quantitative estimate of drug-likeness (QED) is 0.484. The summed E-state index contributed by atoms with van der Waals surface area (Å²) in [6.45, 7) is 0. The van der Waals surface area contributed by atoms with E-state index in [1.54, 1.807) is 42.6 Å². The normalized spacial score (nSPS) is 11.7. The number of furan rings is 1. The molecule has 4 rings (SSSR count). The Kier molecular flexibility index (Phi) is 4.41. The van der Waals surface area contributed by atoms with Crippen LogP contribution in [0.4, 0.5) is 11.6 Å². The van der Waals surface area contributed by atoms with Crippen LogP contribution < -0.4 is 0 Å². The highest BCUT2D eigenvalue weighted by Gasteiger charge is 2.12. The molecule has 0 aliphatic heterocycles. The molecule has 27 heavy (non-hydrogen) atoms. The number of aliphatic imine (C=N–C) groups is 2. The van der Waals surface area contributed by atoms with Crippen LogP contribution in [0.15, 0.2) is 87.2 Å². The molecule has 0 aliphatic rings. The summed E-state index contributed by atoms with van der Waals surface area (Å²) in [4.78, 5) is 8.89. The van der Waals surface area contributed by atoms with Crippen LogP contribution in [0.5, 0.6) is 11.5 Å². The number of hydrogen-bond donors (Lipinski definition) is 2. The zero-order chi connectivity index (χ0) is 18.6. The maximum atomic E-state index is 9.93. The molecule has 0 amide bonds. The maximum Gasteiger partial charge on any atom is 0.246 e. The third-order valence-electron chi connectivity index (χ3n) is 4.08. The average Bonchev–Trinajstić information content (AvgIpc) is 3.04. The number of fused-ring (bicyclic) bond motifs is 1. The molecule has 5 heteroatoms. The monoisotopic (exact) mass is 356 g/mol. The largest absolute Gasteiger partial charge is 0.507 e. The molecule has 0 radical (unpaired) electrons. The van der Waals surface area contributed by atoms with Crippen LogP contribution in [-0.2, 0) is 0 Å². The molecular formula is C22H16N2O3. The third-order valence-corrected chi connectivity index (χ3v) is 4.08. The summed E-state index contributed by atoms with van der Waals surface area (Å²) in [5, 5.41) is 20.6. The Balaban J connectivity index is 1.78. The van der Waals surface area contributed by atoms with Crippen LogP contribution in [0.2, 0.25) is 0 Å². The minimum Gasteiger partial charge on any atom is -0.507 e. The summed E-state index contributed by atoms with van der Waals surface area (Å²) in [5.74, 6) is 0.607. The zero-order valence-electron chi connectivity index (χ0n) is 14.3. The van der Waals surface area contributed by atoms with Crippen molar-refractivity contribution in [1.82, 2.24) is 0 Å². The molecule has 4 aromatic rings. The standard InChI is InChI=1S/C22H16N2O3/c25-18-10-4-1-7-15(18)13-23-21-17-9-3-6-12-20(17)27-22(21)24-14-16-8-2-5-11-19(16)26/h1-14,25-26H/b23-13+,24-14+. The first-order chi connectivity index (χ1) is 13.2. The minimum absolute atomic E-state index is 0.136. The number of nitrogens with zero attached hydrogens (tertiary/aromatic N) is 2. The topological polar surface area (TPSA) is 78.3 Å². The maximum absolute atomic E-state index is 9.93. The van der Waals surface area contributed by atoms with Gasteiger partial charge in [-0.2, -0.15) is 0 Å². The lowest BCUT2D eigenvalue weighted by molar-refractivity contribution is 0.474. The van der Waals surface area contributed by atoms with E-state index in [1.807, 2.05) is 36.4 Å². The van der Waals surface area contributed by atoms with Crippen LogP contribution in [0.25, 0.3) is 11.0 Å².